The molecular formula is C26H26N4O2. The zero-order valence-electron chi connectivity index (χ0n) is 18.0. The van der Waals surface area contributed by atoms with Gasteiger partial charge in [-0.3, -0.25) is 9.69 Å². The van der Waals surface area contributed by atoms with Crippen LogP contribution in [-0.2, 0) is 17.8 Å². The number of nitrogens with zero attached hydrogens (tertiary/aromatic N) is 4. The van der Waals surface area contributed by atoms with Crippen LogP contribution in [0, 0.1) is 0 Å². The van der Waals surface area contributed by atoms with Crippen molar-refractivity contribution < 1.29 is 9.21 Å². The Hall–Kier alpha value is -3.51. The topological polar surface area (TPSA) is 62.5 Å². The predicted octanol–water partition coefficient (Wildman–Crippen LogP) is 4.17. The van der Waals surface area contributed by atoms with Crippen molar-refractivity contribution in [2.75, 3.05) is 26.2 Å². The fraction of sp³-hybridized carbons (Fsp3) is 0.269. The van der Waals surface area contributed by atoms with Crippen LogP contribution in [-0.4, -0.2) is 52.1 Å². The zero-order chi connectivity index (χ0) is 21.8. The lowest BCUT2D eigenvalue weighted by Gasteiger charge is -2.35. The molecule has 6 heteroatoms. The molecule has 0 saturated carbocycles. The molecule has 4 aromatic rings. The number of carbonyl (C=O) groups excluding carboxylic acids is 1. The molecule has 0 bridgehead atoms. The minimum Gasteiger partial charge on any atom is -0.421 e. The largest absolute Gasteiger partial charge is 0.421 e. The number of hydrogen-bond acceptors (Lipinski definition) is 5. The van der Waals surface area contributed by atoms with Crippen LogP contribution in [0.5, 0.6) is 0 Å². The molecule has 1 saturated heterocycles. The quantitative estimate of drug-likeness (QED) is 0.463. The third kappa shape index (κ3) is 4.55. The SMILES string of the molecule is O=C(CCc1nnc(-c2ccccc2)o1)N1CCN(Cc2cccc3ccccc23)CC1. The van der Waals surface area contributed by atoms with E-state index in [1.807, 2.05) is 35.2 Å². The summed E-state index contributed by atoms with van der Waals surface area (Å²) in [6, 6.07) is 24.7. The van der Waals surface area contributed by atoms with Crippen LogP contribution in [0.3, 0.4) is 0 Å². The molecule has 3 aromatic carbocycles. The van der Waals surface area contributed by atoms with Crippen LogP contribution in [0.1, 0.15) is 17.9 Å². The maximum absolute atomic E-state index is 12.7. The highest BCUT2D eigenvalue weighted by atomic mass is 16.4. The Balaban J connectivity index is 1.12. The summed E-state index contributed by atoms with van der Waals surface area (Å²) in [5, 5.41) is 10.8. The van der Waals surface area contributed by atoms with Crippen LogP contribution in [0.4, 0.5) is 0 Å². The van der Waals surface area contributed by atoms with Gasteiger partial charge in [-0.1, -0.05) is 60.7 Å². The van der Waals surface area contributed by atoms with Crippen LogP contribution in [0.2, 0.25) is 0 Å². The van der Waals surface area contributed by atoms with Gasteiger partial charge in [0.15, 0.2) is 0 Å². The first-order chi connectivity index (χ1) is 15.8. The first-order valence-corrected chi connectivity index (χ1v) is 11.1. The summed E-state index contributed by atoms with van der Waals surface area (Å²) >= 11 is 0. The Morgan fingerprint density at radius 1 is 0.844 bits per heavy atom. The highest BCUT2D eigenvalue weighted by Crippen LogP contribution is 2.21. The number of hydrogen-bond donors (Lipinski definition) is 0. The summed E-state index contributed by atoms with van der Waals surface area (Å²) in [5.41, 5.74) is 2.23. The fourth-order valence-electron chi connectivity index (χ4n) is 4.25. The summed E-state index contributed by atoms with van der Waals surface area (Å²) in [4.78, 5) is 17.1. The van der Waals surface area contributed by atoms with Crippen LogP contribution < -0.4 is 0 Å². The van der Waals surface area contributed by atoms with Gasteiger partial charge < -0.3 is 9.32 Å². The molecule has 2 heterocycles. The molecule has 1 aliphatic rings. The lowest BCUT2D eigenvalue weighted by Crippen LogP contribution is -2.48. The minimum absolute atomic E-state index is 0.147. The monoisotopic (exact) mass is 426 g/mol. The van der Waals surface area contributed by atoms with Crippen LogP contribution >= 0.6 is 0 Å². The number of aromatic nitrogens is 2. The van der Waals surface area contributed by atoms with Crippen molar-refractivity contribution in [3.63, 3.8) is 0 Å². The second-order valence-corrected chi connectivity index (χ2v) is 8.16. The van der Waals surface area contributed by atoms with E-state index < -0.39 is 0 Å². The molecule has 0 N–H and O–H groups in total. The summed E-state index contributed by atoms with van der Waals surface area (Å²) in [6.45, 7) is 4.18. The van der Waals surface area contributed by atoms with Gasteiger partial charge in [-0.15, -0.1) is 10.2 Å². The van der Waals surface area contributed by atoms with Crippen molar-refractivity contribution in [1.82, 2.24) is 20.0 Å². The Morgan fingerprint density at radius 2 is 1.59 bits per heavy atom. The molecule has 5 rings (SSSR count). The second-order valence-electron chi connectivity index (χ2n) is 8.16. The Kier molecular flexibility index (Phi) is 5.94. The molecule has 1 amide bonds. The molecule has 1 aromatic heterocycles. The average Bonchev–Trinajstić information content (AvgIpc) is 3.33. The third-order valence-electron chi connectivity index (χ3n) is 6.04. The van der Waals surface area contributed by atoms with Gasteiger partial charge in [0.05, 0.1) is 0 Å². The lowest BCUT2D eigenvalue weighted by atomic mass is 10.0. The van der Waals surface area contributed by atoms with E-state index in [9.17, 15) is 4.79 Å². The number of piperazine rings is 1. The van der Waals surface area contributed by atoms with E-state index in [-0.39, 0.29) is 5.91 Å². The summed E-state index contributed by atoms with van der Waals surface area (Å²) in [6.07, 6.45) is 0.856. The summed E-state index contributed by atoms with van der Waals surface area (Å²) in [7, 11) is 0. The highest BCUT2D eigenvalue weighted by molar-refractivity contribution is 5.85. The van der Waals surface area contributed by atoms with Gasteiger partial charge in [0, 0.05) is 51.1 Å². The van der Waals surface area contributed by atoms with Crippen molar-refractivity contribution in [2.24, 2.45) is 0 Å². The first kappa shape index (κ1) is 20.4. The van der Waals surface area contributed by atoms with Crippen molar-refractivity contribution in [3.8, 4) is 11.5 Å². The van der Waals surface area contributed by atoms with Crippen LogP contribution in [0.15, 0.2) is 77.2 Å². The standard InChI is InChI=1S/C26H26N4O2/c31-25(14-13-24-27-28-26(32-24)21-8-2-1-3-9-21)30-17-15-29(16-18-30)19-22-11-6-10-20-7-4-5-12-23(20)22/h1-12H,13-19H2. The molecule has 6 nitrogen and oxygen atoms in total. The number of fused-ring (bicyclic) bond motifs is 1. The van der Waals surface area contributed by atoms with E-state index in [0.29, 0.717) is 24.6 Å². The van der Waals surface area contributed by atoms with E-state index in [0.717, 1.165) is 38.3 Å². The number of amides is 1. The first-order valence-electron chi connectivity index (χ1n) is 11.1. The normalized spacial score (nSPS) is 14.7. The van der Waals surface area contributed by atoms with E-state index in [1.165, 1.54) is 16.3 Å². The van der Waals surface area contributed by atoms with Crippen molar-refractivity contribution in [1.29, 1.82) is 0 Å². The van der Waals surface area contributed by atoms with Gasteiger partial charge >= 0.3 is 0 Å². The van der Waals surface area contributed by atoms with E-state index in [1.54, 1.807) is 0 Å². The van der Waals surface area contributed by atoms with E-state index in [2.05, 4.69) is 57.6 Å². The Bertz CT molecular complexity index is 1190. The second kappa shape index (κ2) is 9.32. The molecule has 32 heavy (non-hydrogen) atoms. The smallest absolute Gasteiger partial charge is 0.247 e. The molecular weight excluding hydrogens is 400 g/mol. The zero-order valence-corrected chi connectivity index (χ0v) is 18.0. The number of aryl methyl sites for hydroxylation is 1. The predicted molar refractivity (Wildman–Crippen MR) is 124 cm³/mol. The molecule has 0 aliphatic carbocycles. The number of benzene rings is 3. The Labute approximate surface area is 187 Å². The number of carbonyl (C=O) groups is 1. The highest BCUT2D eigenvalue weighted by Gasteiger charge is 2.22. The summed E-state index contributed by atoms with van der Waals surface area (Å²) < 4.78 is 5.72. The van der Waals surface area contributed by atoms with Gasteiger partial charge in [0.1, 0.15) is 0 Å². The van der Waals surface area contributed by atoms with Gasteiger partial charge in [-0.25, -0.2) is 0 Å². The molecule has 0 atom stereocenters. The van der Waals surface area contributed by atoms with E-state index in [4.69, 9.17) is 4.42 Å². The van der Waals surface area contributed by atoms with Gasteiger partial charge in [-0.2, -0.15) is 0 Å². The minimum atomic E-state index is 0.147. The Morgan fingerprint density at radius 3 is 2.44 bits per heavy atom. The average molecular weight is 427 g/mol. The van der Waals surface area contributed by atoms with Crippen LogP contribution in [0.25, 0.3) is 22.2 Å². The van der Waals surface area contributed by atoms with E-state index >= 15 is 0 Å². The third-order valence-corrected chi connectivity index (χ3v) is 6.04. The van der Waals surface area contributed by atoms with Crippen molar-refractivity contribution in [3.05, 3.63) is 84.3 Å². The number of rotatable bonds is 6. The van der Waals surface area contributed by atoms with Gasteiger partial charge in [-0.05, 0) is 28.5 Å². The maximum atomic E-state index is 12.7. The molecule has 0 spiro atoms. The fourth-order valence-corrected chi connectivity index (χ4v) is 4.25. The van der Waals surface area contributed by atoms with Crippen molar-refractivity contribution in [2.45, 2.75) is 19.4 Å². The molecule has 0 unspecified atom stereocenters. The summed E-state index contributed by atoms with van der Waals surface area (Å²) in [5.74, 6) is 1.15. The lowest BCUT2D eigenvalue weighted by molar-refractivity contribution is -0.133. The van der Waals surface area contributed by atoms with Gasteiger partial charge in [0.25, 0.3) is 0 Å². The molecule has 162 valence electrons. The molecule has 1 fully saturated rings. The van der Waals surface area contributed by atoms with Crippen molar-refractivity contribution >= 4 is 16.7 Å². The molecule has 0 radical (unpaired) electrons. The van der Waals surface area contributed by atoms with Gasteiger partial charge in [0.2, 0.25) is 17.7 Å². The molecule has 1 aliphatic heterocycles. The maximum Gasteiger partial charge on any atom is 0.247 e.